The first-order valence-corrected chi connectivity index (χ1v) is 11.4. The maximum atomic E-state index is 13.5. The molecule has 1 N–H and O–H groups in total. The van der Waals surface area contributed by atoms with Crippen LogP contribution in [0.4, 0.5) is 0 Å². The normalized spacial score (nSPS) is 11.2. The topological polar surface area (TPSA) is 50.8 Å². The lowest BCUT2D eigenvalue weighted by Crippen LogP contribution is -2.20. The molecular formula is C29H34N2O3. The molecule has 0 aliphatic heterocycles. The lowest BCUT2D eigenvalue weighted by molar-refractivity contribution is 0.104. The minimum absolute atomic E-state index is 0.0821. The Bertz CT molecular complexity index is 1140. The van der Waals surface area contributed by atoms with Gasteiger partial charge in [0, 0.05) is 13.1 Å². The van der Waals surface area contributed by atoms with Gasteiger partial charge in [0.25, 0.3) is 0 Å². The molecule has 0 aliphatic rings. The number of carbonyl (C=O) groups excluding carboxylic acids is 1. The highest BCUT2D eigenvalue weighted by atomic mass is 16.5. The van der Waals surface area contributed by atoms with Crippen LogP contribution < -0.4 is 14.8 Å². The number of nitrogens with zero attached hydrogens (tertiary/aromatic N) is 1. The van der Waals surface area contributed by atoms with Gasteiger partial charge in [-0.15, -0.1) is 0 Å². The summed E-state index contributed by atoms with van der Waals surface area (Å²) in [6.07, 6.45) is 3.50. The molecule has 5 heteroatoms. The number of allylic oxidation sites excluding steroid dienone is 1. The summed E-state index contributed by atoms with van der Waals surface area (Å²) in [4.78, 5) is 15.6. The van der Waals surface area contributed by atoms with E-state index in [0.717, 1.165) is 40.1 Å². The number of ether oxygens (including phenoxy) is 2. The van der Waals surface area contributed by atoms with Crippen molar-refractivity contribution in [3.05, 3.63) is 89.0 Å². The van der Waals surface area contributed by atoms with Gasteiger partial charge in [-0.3, -0.25) is 4.79 Å². The molecule has 0 spiro atoms. The summed E-state index contributed by atoms with van der Waals surface area (Å²) in [5, 5.41) is 3.17. The molecule has 0 radical (unpaired) electrons. The molecule has 0 atom stereocenters. The van der Waals surface area contributed by atoms with Gasteiger partial charge >= 0.3 is 0 Å². The number of ketones is 1. The van der Waals surface area contributed by atoms with Crippen LogP contribution in [-0.2, 0) is 6.54 Å². The zero-order valence-corrected chi connectivity index (χ0v) is 20.7. The Morgan fingerprint density at radius 3 is 2.50 bits per heavy atom. The van der Waals surface area contributed by atoms with E-state index in [1.807, 2.05) is 82.7 Å². The van der Waals surface area contributed by atoms with Crippen molar-refractivity contribution in [3.63, 3.8) is 0 Å². The molecule has 3 aromatic carbocycles. The predicted octanol–water partition coefficient (Wildman–Crippen LogP) is 5.23. The second-order valence-electron chi connectivity index (χ2n) is 8.42. The van der Waals surface area contributed by atoms with Crippen LogP contribution in [0.25, 0.3) is 17.2 Å². The van der Waals surface area contributed by atoms with Crippen LogP contribution in [0.15, 0.2) is 66.7 Å². The van der Waals surface area contributed by atoms with E-state index < -0.39 is 0 Å². The van der Waals surface area contributed by atoms with E-state index in [9.17, 15) is 4.79 Å². The zero-order chi connectivity index (χ0) is 24.5. The van der Waals surface area contributed by atoms with Crippen LogP contribution in [0.5, 0.6) is 11.5 Å². The number of methoxy groups -OCH3 is 1. The number of nitrogens with one attached hydrogen (secondary N) is 1. The van der Waals surface area contributed by atoms with Crippen LogP contribution in [0.2, 0.25) is 0 Å². The van der Waals surface area contributed by atoms with E-state index in [2.05, 4.69) is 22.3 Å². The number of likely N-dealkylation sites (N-methyl/N-ethyl adjacent to an activating group) is 1. The summed E-state index contributed by atoms with van der Waals surface area (Å²) >= 11 is 0. The van der Waals surface area contributed by atoms with Crippen molar-refractivity contribution in [2.24, 2.45) is 0 Å². The lowest BCUT2D eigenvalue weighted by atomic mass is 9.93. The Morgan fingerprint density at radius 2 is 1.82 bits per heavy atom. The minimum atomic E-state index is -0.0821. The molecule has 0 aromatic heterocycles. The van der Waals surface area contributed by atoms with Gasteiger partial charge in [-0.05, 0) is 80.2 Å². The third kappa shape index (κ3) is 6.34. The number of carbonyl (C=O) groups is 1. The molecule has 0 aliphatic carbocycles. The lowest BCUT2D eigenvalue weighted by Gasteiger charge is -2.17. The van der Waals surface area contributed by atoms with Gasteiger partial charge in [-0.2, -0.15) is 0 Å². The Kier molecular flexibility index (Phi) is 9.02. The summed E-state index contributed by atoms with van der Waals surface area (Å²) in [5.41, 5.74) is 5.63. The number of benzene rings is 3. The summed E-state index contributed by atoms with van der Waals surface area (Å²) in [6.45, 7) is 3.93. The van der Waals surface area contributed by atoms with Crippen molar-refractivity contribution in [1.29, 1.82) is 0 Å². The van der Waals surface area contributed by atoms with Crippen LogP contribution in [0, 0.1) is 6.92 Å². The number of hydrogen-bond acceptors (Lipinski definition) is 5. The van der Waals surface area contributed by atoms with Gasteiger partial charge in [0.2, 0.25) is 0 Å². The molecule has 0 fully saturated rings. The molecule has 0 heterocycles. The van der Waals surface area contributed by atoms with Crippen LogP contribution in [0.1, 0.15) is 27.0 Å². The molecule has 0 unspecified atom stereocenters. The standard InChI is InChI=1S/C29H34N2O3/c1-21-26(23-9-7-6-8-10-23)14-16-28(34-18-17-31(3)4)29(21)27(32)15-12-22-11-13-25(33-5)19-24(22)20-30-2/h6-16,19,30H,17-18,20H2,1-5H3. The van der Waals surface area contributed by atoms with Gasteiger partial charge in [0.1, 0.15) is 18.1 Å². The van der Waals surface area contributed by atoms with Crippen LogP contribution in [-0.4, -0.2) is 52.1 Å². The van der Waals surface area contributed by atoms with Gasteiger partial charge in [0.15, 0.2) is 5.78 Å². The highest BCUT2D eigenvalue weighted by Gasteiger charge is 2.18. The summed E-state index contributed by atoms with van der Waals surface area (Å²) < 4.78 is 11.4. The van der Waals surface area contributed by atoms with Crippen molar-refractivity contribution in [1.82, 2.24) is 10.2 Å². The molecule has 3 rings (SSSR count). The minimum Gasteiger partial charge on any atom is -0.497 e. The molecule has 0 bridgehead atoms. The van der Waals surface area contributed by atoms with E-state index in [1.165, 1.54) is 0 Å². The van der Waals surface area contributed by atoms with Gasteiger partial charge in [0.05, 0.1) is 12.7 Å². The van der Waals surface area contributed by atoms with E-state index >= 15 is 0 Å². The number of hydrogen-bond donors (Lipinski definition) is 1. The molecule has 0 amide bonds. The van der Waals surface area contributed by atoms with E-state index in [-0.39, 0.29) is 5.78 Å². The largest absolute Gasteiger partial charge is 0.497 e. The fourth-order valence-electron chi connectivity index (χ4n) is 3.85. The second-order valence-corrected chi connectivity index (χ2v) is 8.42. The first kappa shape index (κ1) is 25.2. The van der Waals surface area contributed by atoms with Crippen molar-refractivity contribution >= 4 is 11.9 Å². The Morgan fingerprint density at radius 1 is 1.06 bits per heavy atom. The Labute approximate surface area is 203 Å². The summed E-state index contributed by atoms with van der Waals surface area (Å²) in [7, 11) is 7.55. The second kappa shape index (κ2) is 12.2. The maximum absolute atomic E-state index is 13.5. The molecule has 3 aromatic rings. The molecular weight excluding hydrogens is 424 g/mol. The molecule has 0 saturated carbocycles. The Hall–Kier alpha value is -3.41. The third-order valence-electron chi connectivity index (χ3n) is 5.69. The zero-order valence-electron chi connectivity index (χ0n) is 20.7. The quantitative estimate of drug-likeness (QED) is 0.315. The summed E-state index contributed by atoms with van der Waals surface area (Å²) in [5.74, 6) is 1.32. The first-order valence-electron chi connectivity index (χ1n) is 11.4. The average Bonchev–Trinajstić information content (AvgIpc) is 2.83. The van der Waals surface area contributed by atoms with Crippen molar-refractivity contribution < 1.29 is 14.3 Å². The SMILES string of the molecule is CNCc1cc(OC)ccc1C=CC(=O)c1c(OCCN(C)C)ccc(-c2ccccc2)c1C. The fraction of sp³-hybridized carbons (Fsp3) is 0.276. The van der Waals surface area contributed by atoms with E-state index in [4.69, 9.17) is 9.47 Å². The van der Waals surface area contributed by atoms with Gasteiger partial charge in [-0.25, -0.2) is 0 Å². The average molecular weight is 459 g/mol. The molecule has 5 nitrogen and oxygen atoms in total. The Balaban J connectivity index is 1.99. The maximum Gasteiger partial charge on any atom is 0.189 e. The smallest absolute Gasteiger partial charge is 0.189 e. The van der Waals surface area contributed by atoms with E-state index in [1.54, 1.807) is 13.2 Å². The van der Waals surface area contributed by atoms with Crippen LogP contribution in [0.3, 0.4) is 0 Å². The van der Waals surface area contributed by atoms with Crippen molar-refractivity contribution in [2.45, 2.75) is 13.5 Å². The highest BCUT2D eigenvalue weighted by molar-refractivity contribution is 6.10. The van der Waals surface area contributed by atoms with Crippen LogP contribution >= 0.6 is 0 Å². The molecule has 34 heavy (non-hydrogen) atoms. The van der Waals surface area contributed by atoms with E-state index in [0.29, 0.717) is 24.5 Å². The van der Waals surface area contributed by atoms with Gasteiger partial charge in [-0.1, -0.05) is 48.5 Å². The van der Waals surface area contributed by atoms with Crippen molar-refractivity contribution in [2.75, 3.05) is 41.4 Å². The monoisotopic (exact) mass is 458 g/mol. The predicted molar refractivity (Wildman–Crippen MR) is 140 cm³/mol. The van der Waals surface area contributed by atoms with Crippen molar-refractivity contribution in [3.8, 4) is 22.6 Å². The fourth-order valence-corrected chi connectivity index (χ4v) is 3.85. The number of rotatable bonds is 11. The molecule has 0 saturated heterocycles. The first-order chi connectivity index (χ1) is 16.4. The highest BCUT2D eigenvalue weighted by Crippen LogP contribution is 2.32. The third-order valence-corrected chi connectivity index (χ3v) is 5.69. The molecule has 178 valence electrons. The summed E-state index contributed by atoms with van der Waals surface area (Å²) in [6, 6.07) is 19.9. The van der Waals surface area contributed by atoms with Gasteiger partial charge < -0.3 is 19.7 Å².